The second kappa shape index (κ2) is 9.88. The van der Waals surface area contributed by atoms with E-state index in [1.54, 1.807) is 12.1 Å². The lowest BCUT2D eigenvalue weighted by atomic mass is 10.2. The summed E-state index contributed by atoms with van der Waals surface area (Å²) in [6.07, 6.45) is 1.16. The molecule has 0 aromatic heterocycles. The maximum Gasteiger partial charge on any atom is 0.222 e. The molecule has 0 saturated carbocycles. The third-order valence-corrected chi connectivity index (χ3v) is 4.79. The fourth-order valence-electron chi connectivity index (χ4n) is 3.29. The third-order valence-electron chi connectivity index (χ3n) is 4.79. The summed E-state index contributed by atoms with van der Waals surface area (Å²) in [5.74, 6) is 1.90. The van der Waals surface area contributed by atoms with Crippen LogP contribution < -0.4 is 14.4 Å². The molecule has 0 bridgehead atoms. The average Bonchev–Trinajstić information content (AvgIpc) is 2.73. The fourth-order valence-corrected chi connectivity index (χ4v) is 3.29. The normalized spacial score (nSPS) is 14.0. The lowest BCUT2D eigenvalue weighted by Crippen LogP contribution is -2.48. The zero-order valence-electron chi connectivity index (χ0n) is 16.3. The molecule has 3 rings (SSSR count). The summed E-state index contributed by atoms with van der Waals surface area (Å²) in [5.41, 5.74) is 1.08. The lowest BCUT2D eigenvalue weighted by molar-refractivity contribution is -0.131. The number of phenolic OH excluding ortho intramolecular Hbond substituents is 1. The molecule has 0 spiro atoms. The molecular formula is C22H28N2O4. The van der Waals surface area contributed by atoms with Crippen LogP contribution >= 0.6 is 0 Å². The molecule has 2 aromatic carbocycles. The number of ether oxygens (including phenoxy) is 2. The van der Waals surface area contributed by atoms with Crippen molar-refractivity contribution in [2.75, 3.05) is 44.3 Å². The molecule has 150 valence electrons. The number of phenols is 1. The highest BCUT2D eigenvalue weighted by atomic mass is 16.5. The van der Waals surface area contributed by atoms with Gasteiger partial charge in [0, 0.05) is 38.3 Å². The van der Waals surface area contributed by atoms with Crippen LogP contribution in [0.4, 0.5) is 5.69 Å². The molecule has 1 N–H and O–H groups in total. The molecule has 1 heterocycles. The van der Waals surface area contributed by atoms with Gasteiger partial charge in [-0.3, -0.25) is 4.79 Å². The predicted octanol–water partition coefficient (Wildman–Crippen LogP) is 3.30. The largest absolute Gasteiger partial charge is 0.508 e. The Hall–Kier alpha value is -2.89. The van der Waals surface area contributed by atoms with E-state index in [-0.39, 0.29) is 11.7 Å². The Morgan fingerprint density at radius 2 is 1.61 bits per heavy atom. The molecule has 6 nitrogen and oxygen atoms in total. The van der Waals surface area contributed by atoms with E-state index < -0.39 is 0 Å². The average molecular weight is 384 g/mol. The minimum atomic E-state index is 0.173. The first-order valence-electron chi connectivity index (χ1n) is 9.83. The minimum Gasteiger partial charge on any atom is -0.508 e. The molecule has 28 heavy (non-hydrogen) atoms. The quantitative estimate of drug-likeness (QED) is 0.708. The number of carbonyl (C=O) groups excluding carboxylic acids is 1. The molecule has 0 aliphatic carbocycles. The summed E-state index contributed by atoms with van der Waals surface area (Å²) in [5, 5.41) is 9.40. The summed E-state index contributed by atoms with van der Waals surface area (Å²) in [6, 6.07) is 14.8. The van der Waals surface area contributed by atoms with Crippen molar-refractivity contribution in [3.8, 4) is 17.2 Å². The number of piperazine rings is 1. The topological polar surface area (TPSA) is 62.2 Å². The van der Waals surface area contributed by atoms with Gasteiger partial charge in [-0.25, -0.2) is 0 Å². The molecule has 0 unspecified atom stereocenters. The van der Waals surface area contributed by atoms with Gasteiger partial charge in [-0.1, -0.05) is 12.1 Å². The van der Waals surface area contributed by atoms with Crippen molar-refractivity contribution < 1.29 is 19.4 Å². The highest BCUT2D eigenvalue weighted by molar-refractivity contribution is 5.76. The number of benzene rings is 2. The van der Waals surface area contributed by atoms with Gasteiger partial charge >= 0.3 is 0 Å². The van der Waals surface area contributed by atoms with Gasteiger partial charge in [0.25, 0.3) is 0 Å². The van der Waals surface area contributed by atoms with E-state index in [1.807, 2.05) is 48.2 Å². The third kappa shape index (κ3) is 5.31. The Kier molecular flexibility index (Phi) is 7.00. The molecule has 1 fully saturated rings. The van der Waals surface area contributed by atoms with Gasteiger partial charge in [-0.05, 0) is 49.7 Å². The SMILES string of the molecule is CCOc1ccccc1OCCCC(=O)N1CCN(c2ccc(O)cc2)CC1. The van der Waals surface area contributed by atoms with E-state index in [4.69, 9.17) is 9.47 Å². The number of para-hydroxylation sites is 2. The van der Waals surface area contributed by atoms with Crippen molar-refractivity contribution in [2.24, 2.45) is 0 Å². The number of amides is 1. The van der Waals surface area contributed by atoms with Gasteiger partial charge < -0.3 is 24.4 Å². The first-order valence-corrected chi connectivity index (χ1v) is 9.83. The molecule has 2 aromatic rings. The van der Waals surface area contributed by atoms with Crippen molar-refractivity contribution >= 4 is 11.6 Å². The van der Waals surface area contributed by atoms with Gasteiger partial charge in [-0.15, -0.1) is 0 Å². The van der Waals surface area contributed by atoms with Crippen molar-refractivity contribution in [1.82, 2.24) is 4.90 Å². The second-order valence-corrected chi connectivity index (χ2v) is 6.72. The number of rotatable bonds is 8. The maximum atomic E-state index is 12.5. The van der Waals surface area contributed by atoms with E-state index in [1.165, 1.54) is 0 Å². The van der Waals surface area contributed by atoms with E-state index in [9.17, 15) is 9.90 Å². The van der Waals surface area contributed by atoms with Crippen LogP contribution in [-0.4, -0.2) is 55.3 Å². The van der Waals surface area contributed by atoms with Crippen LogP contribution in [0.15, 0.2) is 48.5 Å². The van der Waals surface area contributed by atoms with Crippen molar-refractivity contribution in [1.29, 1.82) is 0 Å². The van der Waals surface area contributed by atoms with Crippen LogP contribution in [0.1, 0.15) is 19.8 Å². The van der Waals surface area contributed by atoms with Crippen LogP contribution in [0, 0.1) is 0 Å². The summed E-state index contributed by atoms with van der Waals surface area (Å²) in [7, 11) is 0. The van der Waals surface area contributed by atoms with Crippen molar-refractivity contribution in [2.45, 2.75) is 19.8 Å². The van der Waals surface area contributed by atoms with Crippen LogP contribution in [0.5, 0.6) is 17.2 Å². The Morgan fingerprint density at radius 1 is 0.964 bits per heavy atom. The van der Waals surface area contributed by atoms with Gasteiger partial charge in [0.05, 0.1) is 13.2 Å². The monoisotopic (exact) mass is 384 g/mol. The molecule has 1 saturated heterocycles. The molecule has 6 heteroatoms. The molecule has 1 amide bonds. The van der Waals surface area contributed by atoms with Crippen LogP contribution in [0.25, 0.3) is 0 Å². The number of carbonyl (C=O) groups is 1. The van der Waals surface area contributed by atoms with Gasteiger partial charge in [0.2, 0.25) is 5.91 Å². The summed E-state index contributed by atoms with van der Waals surface area (Å²) >= 11 is 0. The second-order valence-electron chi connectivity index (χ2n) is 6.72. The van der Waals surface area contributed by atoms with Crippen molar-refractivity contribution in [3.63, 3.8) is 0 Å². The molecule has 1 aliphatic heterocycles. The zero-order valence-corrected chi connectivity index (χ0v) is 16.3. The Morgan fingerprint density at radius 3 is 2.25 bits per heavy atom. The molecular weight excluding hydrogens is 356 g/mol. The summed E-state index contributed by atoms with van der Waals surface area (Å²) < 4.78 is 11.3. The standard InChI is InChI=1S/C22H28N2O4/c1-2-27-20-6-3-4-7-21(20)28-17-5-8-22(26)24-15-13-23(14-16-24)18-9-11-19(25)12-10-18/h3-4,6-7,9-12,25H,2,5,8,13-17H2,1H3. The maximum absolute atomic E-state index is 12.5. The highest BCUT2D eigenvalue weighted by Gasteiger charge is 2.21. The van der Waals surface area contributed by atoms with E-state index in [2.05, 4.69) is 4.90 Å². The smallest absolute Gasteiger partial charge is 0.222 e. The molecule has 0 atom stereocenters. The minimum absolute atomic E-state index is 0.173. The fraction of sp³-hybridized carbons (Fsp3) is 0.409. The van der Waals surface area contributed by atoms with E-state index in [0.717, 1.165) is 30.3 Å². The number of hydrogen-bond donors (Lipinski definition) is 1. The molecule has 1 aliphatic rings. The van der Waals surface area contributed by atoms with Gasteiger partial charge in [0.1, 0.15) is 5.75 Å². The van der Waals surface area contributed by atoms with E-state index in [0.29, 0.717) is 39.1 Å². The van der Waals surface area contributed by atoms with Gasteiger partial charge in [0.15, 0.2) is 11.5 Å². The summed E-state index contributed by atoms with van der Waals surface area (Å²) in [4.78, 5) is 16.6. The van der Waals surface area contributed by atoms with Crippen LogP contribution in [0.2, 0.25) is 0 Å². The molecule has 0 radical (unpaired) electrons. The summed E-state index contributed by atoms with van der Waals surface area (Å²) in [6.45, 7) is 6.06. The Balaban J connectivity index is 1.38. The van der Waals surface area contributed by atoms with Crippen LogP contribution in [-0.2, 0) is 4.79 Å². The zero-order chi connectivity index (χ0) is 19.8. The number of anilines is 1. The first kappa shape index (κ1) is 19.9. The number of aromatic hydroxyl groups is 1. The Labute approximate surface area is 166 Å². The number of nitrogens with zero attached hydrogens (tertiary/aromatic N) is 2. The van der Waals surface area contributed by atoms with Crippen LogP contribution in [0.3, 0.4) is 0 Å². The predicted molar refractivity (Wildman–Crippen MR) is 109 cm³/mol. The van der Waals surface area contributed by atoms with Gasteiger partial charge in [-0.2, -0.15) is 0 Å². The first-order chi connectivity index (χ1) is 13.7. The number of hydrogen-bond acceptors (Lipinski definition) is 5. The highest BCUT2D eigenvalue weighted by Crippen LogP contribution is 2.26. The Bertz CT molecular complexity index is 755. The van der Waals surface area contributed by atoms with Crippen molar-refractivity contribution in [3.05, 3.63) is 48.5 Å². The lowest BCUT2D eigenvalue weighted by Gasteiger charge is -2.36. The van der Waals surface area contributed by atoms with E-state index >= 15 is 0 Å².